The van der Waals surface area contributed by atoms with Crippen molar-refractivity contribution in [3.8, 4) is 23.0 Å². The number of methoxy groups -OCH3 is 4. The number of thioether (sulfide) groups is 2. The van der Waals surface area contributed by atoms with Crippen LogP contribution in [0.4, 0.5) is 0 Å². The number of halogens is 2. The lowest BCUT2D eigenvalue weighted by molar-refractivity contribution is 0.0358. The maximum absolute atomic E-state index is 10.3. The van der Waals surface area contributed by atoms with E-state index in [1.165, 1.54) is 9.79 Å². The zero-order chi connectivity index (χ0) is 50.1. The molecule has 0 radical (unpaired) electrons. The molecule has 0 aliphatic carbocycles. The fraction of sp³-hybridized carbons (Fsp3) is 0.474. The fourth-order valence-corrected chi connectivity index (χ4v) is 12.3. The molecule has 2 N–H and O–H groups in total. The third kappa shape index (κ3) is 15.3. The molecule has 2 aromatic heterocycles. The van der Waals surface area contributed by atoms with E-state index in [0.29, 0.717) is 10.0 Å². The minimum Gasteiger partial charge on any atom is -0.497 e. The first kappa shape index (κ1) is 54.8. The molecule has 2 saturated heterocycles. The highest BCUT2D eigenvalue weighted by atomic mass is 35.5. The molecule has 4 heterocycles. The molecule has 0 atom stereocenters. The van der Waals surface area contributed by atoms with Crippen molar-refractivity contribution in [3.63, 3.8) is 0 Å². The van der Waals surface area contributed by atoms with Crippen LogP contribution in [0.5, 0.6) is 23.0 Å². The summed E-state index contributed by atoms with van der Waals surface area (Å²) in [6, 6.07) is 28.4. The molecule has 0 bridgehead atoms. The van der Waals surface area contributed by atoms with Gasteiger partial charge in [-0.15, -0.1) is 23.5 Å². The number of aryl methyl sites for hydroxylation is 2. The summed E-state index contributed by atoms with van der Waals surface area (Å²) >= 11 is 16.9. The molecule has 10 nitrogen and oxygen atoms in total. The maximum atomic E-state index is 10.3. The van der Waals surface area contributed by atoms with Crippen molar-refractivity contribution in [2.75, 3.05) is 92.4 Å². The molecule has 8 rings (SSSR count). The van der Waals surface area contributed by atoms with Crippen LogP contribution in [0.1, 0.15) is 68.9 Å². The maximum Gasteiger partial charge on any atom is 0.119 e. The van der Waals surface area contributed by atoms with E-state index in [1.807, 2.05) is 84.2 Å². The van der Waals surface area contributed by atoms with Crippen molar-refractivity contribution in [2.45, 2.75) is 80.4 Å². The summed E-state index contributed by atoms with van der Waals surface area (Å²) in [6.45, 7) is 6.88. The first-order valence-electron chi connectivity index (χ1n) is 25.0. The highest BCUT2D eigenvalue weighted by Gasteiger charge is 2.35. The summed E-state index contributed by atoms with van der Waals surface area (Å²) in [5, 5.41) is 24.1. The quantitative estimate of drug-likeness (QED) is 0.0471. The second-order valence-electron chi connectivity index (χ2n) is 19.0. The van der Waals surface area contributed by atoms with Crippen molar-refractivity contribution in [1.82, 2.24) is 19.8 Å². The Morgan fingerprint density at radius 1 is 0.535 bits per heavy atom. The van der Waals surface area contributed by atoms with Gasteiger partial charge in [0.05, 0.1) is 49.5 Å². The van der Waals surface area contributed by atoms with Gasteiger partial charge in [0.2, 0.25) is 0 Å². The zero-order valence-corrected chi connectivity index (χ0v) is 45.1. The number of aromatic nitrogens is 2. The van der Waals surface area contributed by atoms with E-state index in [-0.39, 0.29) is 24.0 Å². The van der Waals surface area contributed by atoms with Crippen LogP contribution >= 0.6 is 46.7 Å². The summed E-state index contributed by atoms with van der Waals surface area (Å²) in [6.07, 6.45) is 14.6. The molecule has 0 spiro atoms. The zero-order valence-electron chi connectivity index (χ0n) is 42.0. The molecule has 0 unspecified atom stereocenters. The van der Waals surface area contributed by atoms with Crippen LogP contribution in [0.15, 0.2) is 107 Å². The van der Waals surface area contributed by atoms with E-state index < -0.39 is 0 Å². The molecule has 2 aliphatic rings. The lowest BCUT2D eigenvalue weighted by atomic mass is 9.75. The van der Waals surface area contributed by atoms with Crippen LogP contribution in [0, 0.1) is 10.8 Å². The van der Waals surface area contributed by atoms with E-state index in [9.17, 15) is 10.2 Å². The molecule has 4 aromatic carbocycles. The summed E-state index contributed by atoms with van der Waals surface area (Å²) in [4.78, 5) is 16.5. The van der Waals surface area contributed by atoms with Crippen LogP contribution in [0.25, 0.3) is 21.8 Å². The van der Waals surface area contributed by atoms with Gasteiger partial charge >= 0.3 is 0 Å². The van der Waals surface area contributed by atoms with Gasteiger partial charge in [0.25, 0.3) is 0 Å². The Balaban J connectivity index is 0.000000209. The Labute approximate surface area is 440 Å². The average Bonchev–Trinajstić information content (AvgIpc) is 3.42. The van der Waals surface area contributed by atoms with Gasteiger partial charge in [0.15, 0.2) is 0 Å². The lowest BCUT2D eigenvalue weighted by Gasteiger charge is -2.41. The van der Waals surface area contributed by atoms with Gasteiger partial charge in [0, 0.05) is 58.5 Å². The molecule has 14 heteroatoms. The van der Waals surface area contributed by atoms with E-state index in [1.54, 1.807) is 40.8 Å². The normalized spacial score (nSPS) is 15.8. The number of pyridine rings is 2. The highest BCUT2D eigenvalue weighted by Crippen LogP contribution is 2.40. The van der Waals surface area contributed by atoms with Gasteiger partial charge in [-0.1, -0.05) is 29.3 Å². The Hall–Kier alpha value is -3.98. The highest BCUT2D eigenvalue weighted by molar-refractivity contribution is 7.99. The van der Waals surface area contributed by atoms with Crippen molar-refractivity contribution in [2.24, 2.45) is 10.8 Å². The van der Waals surface area contributed by atoms with E-state index in [2.05, 4.69) is 44.0 Å². The predicted octanol–water partition coefficient (Wildman–Crippen LogP) is 12.6. The summed E-state index contributed by atoms with van der Waals surface area (Å²) in [7, 11) is 6.75. The summed E-state index contributed by atoms with van der Waals surface area (Å²) in [5.41, 5.74) is 4.13. The van der Waals surface area contributed by atoms with Crippen LogP contribution < -0.4 is 18.9 Å². The molecule has 2 aliphatic heterocycles. The average molecular weight is 1040 g/mol. The second-order valence-corrected chi connectivity index (χ2v) is 22.2. The smallest absolute Gasteiger partial charge is 0.119 e. The van der Waals surface area contributed by atoms with Crippen LogP contribution in [-0.4, -0.2) is 122 Å². The molecule has 382 valence electrons. The van der Waals surface area contributed by atoms with Crippen LogP contribution in [0.2, 0.25) is 10.0 Å². The number of piperidine rings is 2. The Bertz CT molecular complexity index is 2590. The number of aliphatic hydroxyl groups excluding tert-OH is 2. The minimum absolute atomic E-state index is 0.00657. The predicted molar refractivity (Wildman–Crippen MR) is 295 cm³/mol. The van der Waals surface area contributed by atoms with Gasteiger partial charge in [-0.2, -0.15) is 0 Å². The monoisotopic (exact) mass is 1040 g/mol. The number of likely N-dealkylation sites (tertiary alicyclic amines) is 2. The standard InChI is InChI=1S/C29H37ClN2O3S.C28H35ClN2O3S/c1-34-22-6-3-7-24(18-22)36-17-5-14-32-15-12-29(21-33,13-16-32)11-4-8-25-26-19-23(35-2)9-10-28(26)31-20-27(25)30;1-33-21-5-8-23(9-6-21)35-17-16-31-14-12-28(20-32,13-15-31)11-3-4-24-25-18-22(34-2)7-10-27(25)30-19-26(24)29/h3,6-7,9-10,18-20,33H,4-5,8,11-17,21H2,1-2H3;5-10,18-19,32H,3-4,11-17,20H2,1-2H3. The number of ether oxygens (including phenoxy) is 4. The van der Waals surface area contributed by atoms with E-state index in [0.717, 1.165) is 177 Å². The summed E-state index contributed by atoms with van der Waals surface area (Å²) < 4.78 is 21.4. The molecule has 0 saturated carbocycles. The first-order valence-corrected chi connectivity index (χ1v) is 27.8. The van der Waals surface area contributed by atoms with Crippen molar-refractivity contribution in [1.29, 1.82) is 0 Å². The van der Waals surface area contributed by atoms with Gasteiger partial charge in [0.1, 0.15) is 23.0 Å². The molecule has 0 amide bonds. The van der Waals surface area contributed by atoms with Crippen LogP contribution in [0.3, 0.4) is 0 Å². The lowest BCUT2D eigenvalue weighted by Crippen LogP contribution is -2.42. The largest absolute Gasteiger partial charge is 0.497 e. The number of hydrogen-bond donors (Lipinski definition) is 2. The number of rotatable bonds is 23. The minimum atomic E-state index is 0.00657. The van der Waals surface area contributed by atoms with Crippen molar-refractivity contribution >= 4 is 68.5 Å². The summed E-state index contributed by atoms with van der Waals surface area (Å²) in [5.74, 6) is 5.59. The number of aliphatic hydroxyl groups is 2. The fourth-order valence-electron chi connectivity index (χ4n) is 10.1. The number of benzene rings is 4. The Morgan fingerprint density at radius 3 is 1.49 bits per heavy atom. The second kappa shape index (κ2) is 27.3. The van der Waals surface area contributed by atoms with E-state index >= 15 is 0 Å². The van der Waals surface area contributed by atoms with E-state index in [4.69, 9.17) is 42.1 Å². The Kier molecular flexibility index (Phi) is 21.1. The van der Waals surface area contributed by atoms with Crippen LogP contribution in [-0.2, 0) is 12.8 Å². The molecule has 6 aromatic rings. The van der Waals surface area contributed by atoms with Crippen molar-refractivity contribution in [3.05, 3.63) is 118 Å². The van der Waals surface area contributed by atoms with Gasteiger partial charge in [-0.3, -0.25) is 9.97 Å². The van der Waals surface area contributed by atoms with Gasteiger partial charge in [-0.25, -0.2) is 0 Å². The molecular formula is C57H72Cl2N4O6S2. The molecular weight excluding hydrogens is 972 g/mol. The van der Waals surface area contributed by atoms with Crippen molar-refractivity contribution < 1.29 is 29.2 Å². The number of fused-ring (bicyclic) bond motifs is 2. The molecule has 2 fully saturated rings. The number of hydrogen-bond acceptors (Lipinski definition) is 12. The Morgan fingerprint density at radius 2 is 1.00 bits per heavy atom. The topological polar surface area (TPSA) is 110 Å². The number of nitrogens with zero attached hydrogens (tertiary/aromatic N) is 4. The SMILES string of the molecule is COc1ccc(SCCN2CCC(CO)(CCCc3c(Cl)cnc4ccc(OC)cc34)CC2)cc1.COc1cccc(SCCCN2CCC(CO)(CCCc3c(Cl)cnc4ccc(OC)cc34)CC2)c1. The third-order valence-corrected chi connectivity index (χ3v) is 17.4. The van der Waals surface area contributed by atoms with Gasteiger partial charge < -0.3 is 39.0 Å². The third-order valence-electron chi connectivity index (χ3n) is 14.7. The molecule has 71 heavy (non-hydrogen) atoms. The first-order chi connectivity index (χ1) is 34.6. The van der Waals surface area contributed by atoms with Gasteiger partial charge in [-0.05, 0) is 210 Å².